The predicted molar refractivity (Wildman–Crippen MR) is 132 cm³/mol. The van der Waals surface area contributed by atoms with Crippen molar-refractivity contribution in [1.29, 1.82) is 0 Å². The molecular weight excluding hydrogens is 376 g/mol. The Bertz CT molecular complexity index is 477. The van der Waals surface area contributed by atoms with E-state index in [-0.39, 0.29) is 5.71 Å². The number of rotatable bonds is 8. The first-order chi connectivity index (χ1) is 14.6. The summed E-state index contributed by atoms with van der Waals surface area (Å²) in [7, 11) is 2.03. The zero-order valence-electron chi connectivity index (χ0n) is 19.9. The zero-order chi connectivity index (χ0) is 23.5. The molecule has 0 atom stereocenters. The molecule has 6 heteroatoms. The van der Waals surface area contributed by atoms with Crippen LogP contribution in [0.4, 0.5) is 0 Å². The normalized spacial score (nSPS) is 14.4. The summed E-state index contributed by atoms with van der Waals surface area (Å²) in [5, 5.41) is 14.9. The Morgan fingerprint density at radius 3 is 2.17 bits per heavy atom. The van der Waals surface area contributed by atoms with E-state index < -0.39 is 5.91 Å². The molecule has 0 saturated carbocycles. The number of hydrogen-bond acceptors (Lipinski definition) is 5. The second-order valence-electron chi connectivity index (χ2n) is 6.22. The number of amides is 1. The average molecular weight is 423 g/mol. The number of piperidine rings is 1. The van der Waals surface area contributed by atoms with Gasteiger partial charge in [0.25, 0.3) is 5.91 Å². The number of nitrogens with zero attached hydrogens (tertiary/aromatic N) is 1. The van der Waals surface area contributed by atoms with Crippen molar-refractivity contribution in [1.82, 2.24) is 16.1 Å². The van der Waals surface area contributed by atoms with Crippen LogP contribution in [0.1, 0.15) is 53.4 Å². The van der Waals surface area contributed by atoms with Crippen LogP contribution in [-0.2, 0) is 4.79 Å². The highest BCUT2D eigenvalue weighted by Gasteiger charge is 2.10. The van der Waals surface area contributed by atoms with Crippen LogP contribution in [0.3, 0.4) is 0 Å². The molecule has 1 fully saturated rings. The third-order valence-corrected chi connectivity index (χ3v) is 3.80. The SMILES string of the molecule is C/C=C\C=C/CC.C=C.CC/C=C\C(=NCC)C(=O)NO.CNCC1CCNCC1. The van der Waals surface area contributed by atoms with Gasteiger partial charge in [0.15, 0.2) is 0 Å². The van der Waals surface area contributed by atoms with Crippen molar-refractivity contribution >= 4 is 11.6 Å². The molecule has 1 heterocycles. The van der Waals surface area contributed by atoms with Crippen LogP contribution >= 0.6 is 0 Å². The first kappa shape index (κ1) is 32.6. The van der Waals surface area contributed by atoms with Gasteiger partial charge in [-0.3, -0.25) is 15.0 Å². The van der Waals surface area contributed by atoms with Gasteiger partial charge in [-0.2, -0.15) is 0 Å². The summed E-state index contributed by atoms with van der Waals surface area (Å²) >= 11 is 0. The first-order valence-electron chi connectivity index (χ1n) is 10.9. The average Bonchev–Trinajstić information content (AvgIpc) is 2.79. The molecule has 0 aliphatic carbocycles. The molecule has 0 radical (unpaired) electrons. The molecule has 0 unspecified atom stereocenters. The molecule has 30 heavy (non-hydrogen) atoms. The molecule has 1 aliphatic heterocycles. The Hall–Kier alpha value is -2.02. The van der Waals surface area contributed by atoms with Crippen LogP contribution in [0.25, 0.3) is 0 Å². The van der Waals surface area contributed by atoms with Gasteiger partial charge >= 0.3 is 0 Å². The quantitative estimate of drug-likeness (QED) is 0.153. The predicted octanol–water partition coefficient (Wildman–Crippen LogP) is 4.46. The summed E-state index contributed by atoms with van der Waals surface area (Å²) in [5.74, 6) is 0.359. The first-order valence-corrected chi connectivity index (χ1v) is 10.9. The lowest BCUT2D eigenvalue weighted by Gasteiger charge is -2.21. The summed E-state index contributed by atoms with van der Waals surface area (Å²) < 4.78 is 0. The van der Waals surface area contributed by atoms with Gasteiger partial charge in [-0.1, -0.05) is 44.2 Å². The van der Waals surface area contributed by atoms with Gasteiger partial charge in [0.2, 0.25) is 0 Å². The maximum atomic E-state index is 10.9. The van der Waals surface area contributed by atoms with Crippen LogP contribution in [0.5, 0.6) is 0 Å². The fraction of sp³-hybridized carbons (Fsp3) is 0.583. The van der Waals surface area contributed by atoms with E-state index in [0.29, 0.717) is 6.54 Å². The smallest absolute Gasteiger partial charge is 0.292 e. The molecule has 0 spiro atoms. The van der Waals surface area contributed by atoms with Gasteiger partial charge in [0.05, 0.1) is 0 Å². The van der Waals surface area contributed by atoms with E-state index >= 15 is 0 Å². The van der Waals surface area contributed by atoms with E-state index in [9.17, 15) is 4.79 Å². The summed E-state index contributed by atoms with van der Waals surface area (Å²) in [4.78, 5) is 14.8. The van der Waals surface area contributed by atoms with E-state index in [1.165, 1.54) is 38.0 Å². The number of hydrogen-bond donors (Lipinski definition) is 4. The summed E-state index contributed by atoms with van der Waals surface area (Å²) in [6.07, 6.45) is 16.3. The lowest BCUT2D eigenvalue weighted by Crippen LogP contribution is -2.32. The topological polar surface area (TPSA) is 85.8 Å². The second-order valence-corrected chi connectivity index (χ2v) is 6.22. The van der Waals surface area contributed by atoms with Crippen LogP contribution in [-0.4, -0.2) is 50.1 Å². The van der Waals surface area contributed by atoms with Gasteiger partial charge in [-0.25, -0.2) is 5.48 Å². The van der Waals surface area contributed by atoms with Crippen molar-refractivity contribution in [2.24, 2.45) is 10.9 Å². The largest absolute Gasteiger partial charge is 0.319 e. The fourth-order valence-corrected chi connectivity index (χ4v) is 2.36. The Labute approximate surface area is 185 Å². The summed E-state index contributed by atoms with van der Waals surface area (Å²) in [6, 6.07) is 0. The molecule has 4 N–H and O–H groups in total. The van der Waals surface area contributed by atoms with Gasteiger partial charge in [-0.15, -0.1) is 13.2 Å². The Morgan fingerprint density at radius 1 is 1.13 bits per heavy atom. The van der Waals surface area contributed by atoms with E-state index in [1.54, 1.807) is 6.08 Å². The number of aliphatic imine (C=N–C) groups is 1. The molecule has 1 aliphatic rings. The molecule has 1 rings (SSSR count). The molecule has 174 valence electrons. The van der Waals surface area contributed by atoms with Crippen LogP contribution in [0, 0.1) is 5.92 Å². The number of hydroxylamine groups is 1. The molecule has 0 aromatic carbocycles. The lowest BCUT2D eigenvalue weighted by molar-refractivity contribution is -0.122. The second kappa shape index (κ2) is 29.2. The monoisotopic (exact) mass is 422 g/mol. The van der Waals surface area contributed by atoms with Crippen LogP contribution < -0.4 is 16.1 Å². The Kier molecular flexibility index (Phi) is 31.8. The fourth-order valence-electron chi connectivity index (χ4n) is 2.36. The highest BCUT2D eigenvalue weighted by atomic mass is 16.5. The van der Waals surface area contributed by atoms with Gasteiger partial charge < -0.3 is 10.6 Å². The van der Waals surface area contributed by atoms with Gasteiger partial charge in [0.1, 0.15) is 5.71 Å². The lowest BCUT2D eigenvalue weighted by atomic mass is 9.98. The van der Waals surface area contributed by atoms with Crippen molar-refractivity contribution in [3.63, 3.8) is 0 Å². The van der Waals surface area contributed by atoms with E-state index in [4.69, 9.17) is 5.21 Å². The molecule has 0 aromatic rings. The molecule has 0 aromatic heterocycles. The highest BCUT2D eigenvalue weighted by molar-refractivity contribution is 6.43. The third-order valence-electron chi connectivity index (χ3n) is 3.80. The van der Waals surface area contributed by atoms with Crippen LogP contribution in [0.15, 0.2) is 54.6 Å². The van der Waals surface area contributed by atoms with Crippen molar-refractivity contribution in [3.05, 3.63) is 49.6 Å². The maximum Gasteiger partial charge on any atom is 0.292 e. The van der Waals surface area contributed by atoms with E-state index in [0.717, 1.165) is 18.8 Å². The Morgan fingerprint density at radius 2 is 1.73 bits per heavy atom. The number of carbonyl (C=O) groups is 1. The van der Waals surface area contributed by atoms with Crippen molar-refractivity contribution in [2.75, 3.05) is 33.2 Å². The molecule has 6 nitrogen and oxygen atoms in total. The van der Waals surface area contributed by atoms with Gasteiger partial charge in [0, 0.05) is 6.54 Å². The highest BCUT2D eigenvalue weighted by Crippen LogP contribution is 2.08. The number of allylic oxidation sites excluding steroid dienone is 5. The standard InChI is InChI=1S/C8H14N2O2.C7H16N2.C7H12.C2H4/c1-3-5-6-7(9-4-2)8(11)10-12;1-8-6-7-2-4-9-5-3-7;1-3-5-7-6-4-2;1-2/h5-6,12H,3-4H2,1-2H3,(H,10,11);7-9H,2-6H2,1H3;3,5-7H,4H2,1-2H3;1-2H2/b6-5-,9-7?;;5-3-,7-6-;. The van der Waals surface area contributed by atoms with E-state index in [1.807, 2.05) is 46.0 Å². The minimum Gasteiger partial charge on any atom is -0.319 e. The van der Waals surface area contributed by atoms with Crippen molar-refractivity contribution < 1.29 is 10.0 Å². The van der Waals surface area contributed by atoms with E-state index in [2.05, 4.69) is 47.9 Å². The van der Waals surface area contributed by atoms with Crippen LogP contribution in [0.2, 0.25) is 0 Å². The number of nitrogens with one attached hydrogen (secondary N) is 3. The van der Waals surface area contributed by atoms with Crippen molar-refractivity contribution in [3.8, 4) is 0 Å². The summed E-state index contributed by atoms with van der Waals surface area (Å²) in [6.45, 7) is 18.1. The zero-order valence-corrected chi connectivity index (χ0v) is 19.9. The Balaban J connectivity index is -0.000000361. The molecule has 1 amide bonds. The van der Waals surface area contributed by atoms with Crippen molar-refractivity contribution in [2.45, 2.75) is 53.4 Å². The minimum absolute atomic E-state index is 0.252. The maximum absolute atomic E-state index is 10.9. The number of carbonyl (C=O) groups excluding carboxylic acids is 1. The third kappa shape index (κ3) is 24.0. The molecule has 0 bridgehead atoms. The molecular formula is C24H46N4O2. The van der Waals surface area contributed by atoms with Gasteiger partial charge in [-0.05, 0) is 78.2 Å². The molecule has 1 saturated heterocycles. The minimum atomic E-state index is -0.568. The summed E-state index contributed by atoms with van der Waals surface area (Å²) in [5.41, 5.74) is 1.79.